The van der Waals surface area contributed by atoms with Crippen LogP contribution in [0.4, 0.5) is 5.13 Å². The monoisotopic (exact) mass is 302 g/mol. The van der Waals surface area contributed by atoms with E-state index in [0.717, 1.165) is 6.07 Å². The molecule has 3 aromatic rings. The first-order valence-corrected chi connectivity index (χ1v) is 6.88. The van der Waals surface area contributed by atoms with Crippen LogP contribution >= 0.6 is 11.3 Å². The number of carbonyl (C=O) groups is 1. The number of amides is 1. The molecule has 0 bridgehead atoms. The number of carbonyl (C=O) groups excluding carboxylic acids is 1. The third-order valence-corrected chi connectivity index (χ3v) is 3.54. The van der Waals surface area contributed by atoms with Crippen LogP contribution in [0.25, 0.3) is 11.0 Å². The van der Waals surface area contributed by atoms with Crippen LogP contribution in [-0.4, -0.2) is 18.0 Å². The zero-order valence-corrected chi connectivity index (χ0v) is 11.8. The summed E-state index contributed by atoms with van der Waals surface area (Å²) >= 11 is 1.30. The van der Waals surface area contributed by atoms with Crippen LogP contribution in [0, 0.1) is 0 Å². The molecule has 0 aliphatic carbocycles. The van der Waals surface area contributed by atoms with Gasteiger partial charge in [-0.2, -0.15) is 0 Å². The number of nitrogens with zero attached hydrogens (tertiary/aromatic N) is 1. The second-order valence-electron chi connectivity index (χ2n) is 4.13. The minimum Gasteiger partial charge on any atom is -0.497 e. The number of hydrogen-bond donors (Lipinski definition) is 1. The van der Waals surface area contributed by atoms with Crippen LogP contribution in [0.1, 0.15) is 10.4 Å². The topological polar surface area (TPSA) is 81.4 Å². The van der Waals surface area contributed by atoms with Crippen molar-refractivity contribution in [2.24, 2.45) is 0 Å². The molecule has 3 rings (SSSR count). The van der Waals surface area contributed by atoms with Gasteiger partial charge in [-0.25, -0.2) is 9.78 Å². The molecule has 0 saturated carbocycles. The molecule has 1 amide bonds. The highest BCUT2D eigenvalue weighted by Gasteiger charge is 2.14. The molecule has 0 unspecified atom stereocenters. The Morgan fingerprint density at radius 1 is 1.38 bits per heavy atom. The second-order valence-corrected chi connectivity index (χ2v) is 5.03. The van der Waals surface area contributed by atoms with Crippen molar-refractivity contribution in [3.63, 3.8) is 0 Å². The fourth-order valence-corrected chi connectivity index (χ4v) is 2.43. The van der Waals surface area contributed by atoms with E-state index in [0.29, 0.717) is 21.9 Å². The van der Waals surface area contributed by atoms with Crippen molar-refractivity contribution in [3.8, 4) is 5.75 Å². The molecule has 1 N–H and O–H groups in total. The Labute approximate surface area is 123 Å². The van der Waals surface area contributed by atoms with Crippen molar-refractivity contribution in [1.29, 1.82) is 0 Å². The molecule has 106 valence electrons. The molecule has 0 aliphatic rings. The predicted molar refractivity (Wildman–Crippen MR) is 79.1 cm³/mol. The number of hydrogen-bond acceptors (Lipinski definition) is 6. The second kappa shape index (κ2) is 5.37. The third-order valence-electron chi connectivity index (χ3n) is 2.85. The summed E-state index contributed by atoms with van der Waals surface area (Å²) < 4.78 is 10.2. The molecule has 0 fully saturated rings. The summed E-state index contributed by atoms with van der Waals surface area (Å²) in [5.74, 6) is 0.135. The predicted octanol–water partition coefficient (Wildman–Crippen LogP) is 2.51. The third kappa shape index (κ3) is 2.63. The average Bonchev–Trinajstić information content (AvgIpc) is 2.98. The smallest absolute Gasteiger partial charge is 0.337 e. The van der Waals surface area contributed by atoms with Gasteiger partial charge in [-0.3, -0.25) is 10.1 Å². The summed E-state index contributed by atoms with van der Waals surface area (Å²) in [6.07, 6.45) is 1.59. The number of nitrogens with one attached hydrogen (secondary N) is 1. The number of rotatable bonds is 3. The fourth-order valence-electron chi connectivity index (χ4n) is 1.91. The summed E-state index contributed by atoms with van der Waals surface area (Å²) in [5, 5.41) is 5.39. The summed E-state index contributed by atoms with van der Waals surface area (Å²) in [7, 11) is 1.51. The lowest BCUT2D eigenvalue weighted by molar-refractivity contribution is 0.102. The highest BCUT2D eigenvalue weighted by Crippen LogP contribution is 2.23. The number of methoxy groups -OCH3 is 1. The van der Waals surface area contributed by atoms with Crippen molar-refractivity contribution < 1.29 is 13.9 Å². The molecule has 21 heavy (non-hydrogen) atoms. The first-order valence-electron chi connectivity index (χ1n) is 6.00. The summed E-state index contributed by atoms with van der Waals surface area (Å²) in [6, 6.07) is 6.10. The summed E-state index contributed by atoms with van der Waals surface area (Å²) in [5.41, 5.74) is -0.0646. The minimum absolute atomic E-state index is 0.235. The molecule has 0 atom stereocenters. The number of anilines is 1. The van der Waals surface area contributed by atoms with E-state index in [1.54, 1.807) is 29.8 Å². The molecule has 0 spiro atoms. The quantitative estimate of drug-likeness (QED) is 0.752. The number of aromatic nitrogens is 1. The van der Waals surface area contributed by atoms with Crippen molar-refractivity contribution in [2.45, 2.75) is 0 Å². The first kappa shape index (κ1) is 13.3. The SMILES string of the molecule is COc1ccc2c(C(=O)Nc3nccs3)cc(=O)oc2c1. The Hall–Kier alpha value is -2.67. The molecule has 2 heterocycles. The maximum Gasteiger partial charge on any atom is 0.337 e. The molecule has 2 aromatic heterocycles. The maximum absolute atomic E-state index is 12.3. The largest absolute Gasteiger partial charge is 0.497 e. The zero-order chi connectivity index (χ0) is 14.8. The van der Waals surface area contributed by atoms with E-state index in [2.05, 4.69) is 10.3 Å². The van der Waals surface area contributed by atoms with Gasteiger partial charge in [0.25, 0.3) is 5.91 Å². The molecule has 6 nitrogen and oxygen atoms in total. The molecule has 0 radical (unpaired) electrons. The van der Waals surface area contributed by atoms with Gasteiger partial charge in [0.05, 0.1) is 12.7 Å². The Morgan fingerprint density at radius 3 is 2.95 bits per heavy atom. The van der Waals surface area contributed by atoms with Crippen LogP contribution in [0.15, 0.2) is 45.1 Å². The van der Waals surface area contributed by atoms with Crippen molar-refractivity contribution in [2.75, 3.05) is 12.4 Å². The Bertz CT molecular complexity index is 855. The summed E-state index contributed by atoms with van der Waals surface area (Å²) in [4.78, 5) is 27.9. The van der Waals surface area contributed by atoms with Crippen LogP contribution in [-0.2, 0) is 0 Å². The first-order chi connectivity index (χ1) is 10.2. The molecule has 0 aliphatic heterocycles. The molecule has 7 heteroatoms. The lowest BCUT2D eigenvalue weighted by atomic mass is 10.1. The van der Waals surface area contributed by atoms with E-state index < -0.39 is 11.5 Å². The Kier molecular flexibility index (Phi) is 3.41. The van der Waals surface area contributed by atoms with Gasteiger partial charge in [-0.1, -0.05) is 0 Å². The Morgan fingerprint density at radius 2 is 2.24 bits per heavy atom. The molecule has 0 saturated heterocycles. The van der Waals surface area contributed by atoms with Gasteiger partial charge in [0, 0.05) is 29.1 Å². The van der Waals surface area contributed by atoms with Gasteiger partial charge in [0.15, 0.2) is 5.13 Å². The lowest BCUT2D eigenvalue weighted by Crippen LogP contribution is -2.15. The van der Waals surface area contributed by atoms with E-state index in [1.807, 2.05) is 0 Å². The minimum atomic E-state index is -0.597. The van der Waals surface area contributed by atoms with Crippen molar-refractivity contribution in [3.05, 3.63) is 51.8 Å². The van der Waals surface area contributed by atoms with E-state index in [9.17, 15) is 9.59 Å². The maximum atomic E-state index is 12.3. The van der Waals surface area contributed by atoms with Gasteiger partial charge in [-0.05, 0) is 12.1 Å². The van der Waals surface area contributed by atoms with Gasteiger partial charge >= 0.3 is 5.63 Å². The van der Waals surface area contributed by atoms with Gasteiger partial charge in [0.1, 0.15) is 11.3 Å². The van der Waals surface area contributed by atoms with Crippen LogP contribution in [0.2, 0.25) is 0 Å². The highest BCUT2D eigenvalue weighted by molar-refractivity contribution is 7.13. The Balaban J connectivity index is 2.09. The van der Waals surface area contributed by atoms with Gasteiger partial charge in [0.2, 0.25) is 0 Å². The van der Waals surface area contributed by atoms with E-state index in [-0.39, 0.29) is 5.56 Å². The van der Waals surface area contributed by atoms with E-state index in [1.165, 1.54) is 18.4 Å². The van der Waals surface area contributed by atoms with E-state index >= 15 is 0 Å². The van der Waals surface area contributed by atoms with Gasteiger partial charge in [-0.15, -0.1) is 11.3 Å². The highest BCUT2D eigenvalue weighted by atomic mass is 32.1. The molecular weight excluding hydrogens is 292 g/mol. The summed E-state index contributed by atoms with van der Waals surface area (Å²) in [6.45, 7) is 0. The zero-order valence-electron chi connectivity index (χ0n) is 11.0. The standard InChI is InChI=1S/C14H10N2O4S/c1-19-8-2-3-9-10(7-12(17)20-11(9)6-8)13(18)16-14-15-4-5-21-14/h2-7H,1H3,(H,15,16,18). The average molecular weight is 302 g/mol. The van der Waals surface area contributed by atoms with Crippen molar-refractivity contribution >= 4 is 33.3 Å². The van der Waals surface area contributed by atoms with Crippen molar-refractivity contribution in [1.82, 2.24) is 4.98 Å². The van der Waals surface area contributed by atoms with Crippen LogP contribution in [0.5, 0.6) is 5.75 Å². The molecular formula is C14H10N2O4S. The lowest BCUT2D eigenvalue weighted by Gasteiger charge is -2.06. The molecule has 1 aromatic carbocycles. The number of ether oxygens (including phenoxy) is 1. The van der Waals surface area contributed by atoms with E-state index in [4.69, 9.17) is 9.15 Å². The van der Waals surface area contributed by atoms with Gasteiger partial charge < -0.3 is 9.15 Å². The fraction of sp³-hybridized carbons (Fsp3) is 0.0714. The van der Waals surface area contributed by atoms with Crippen LogP contribution < -0.4 is 15.7 Å². The number of benzene rings is 1. The normalized spacial score (nSPS) is 10.5. The van der Waals surface area contributed by atoms with Crippen LogP contribution in [0.3, 0.4) is 0 Å². The number of fused-ring (bicyclic) bond motifs is 1. The number of thiazole rings is 1.